The van der Waals surface area contributed by atoms with E-state index in [0.717, 1.165) is 12.8 Å². The fourth-order valence-corrected chi connectivity index (χ4v) is 3.75. The van der Waals surface area contributed by atoms with Crippen molar-refractivity contribution in [2.75, 3.05) is 18.4 Å². The molecule has 0 spiro atoms. The van der Waals surface area contributed by atoms with Gasteiger partial charge >= 0.3 is 6.03 Å². The Hall–Kier alpha value is -2.23. The van der Waals surface area contributed by atoms with E-state index in [9.17, 15) is 14.4 Å². The molecule has 1 aliphatic carbocycles. The third kappa shape index (κ3) is 5.88. The molecule has 0 bridgehead atoms. The van der Waals surface area contributed by atoms with E-state index >= 15 is 0 Å². The summed E-state index contributed by atoms with van der Waals surface area (Å²) in [5, 5.41) is 15.0. The molecule has 9 nitrogen and oxygen atoms in total. The Bertz CT molecular complexity index is 732. The Kier molecular flexibility index (Phi) is 6.17. The number of amides is 4. The predicted molar refractivity (Wildman–Crippen MR) is 109 cm³/mol. The first-order chi connectivity index (χ1) is 13.2. The van der Waals surface area contributed by atoms with Crippen LogP contribution in [0, 0.1) is 0 Å². The van der Waals surface area contributed by atoms with Crippen molar-refractivity contribution in [2.45, 2.75) is 63.3 Å². The standard InChI is InChI=1S/C18H28N6O3S/c1-18(2,3)28-17(27)24-8-6-12(7-9-24)20-15(25)14-13(10-19-23-14)22-16(26)21-11-4-5-11/h10-12H,4-9H2,1-3H3,(H,19,23)(H,20,25)(H2,21,22,26). The van der Waals surface area contributed by atoms with Crippen LogP contribution in [-0.4, -0.2) is 62.2 Å². The van der Waals surface area contributed by atoms with Crippen LogP contribution >= 0.6 is 11.8 Å². The largest absolute Gasteiger partial charge is 0.348 e. The third-order valence-electron chi connectivity index (χ3n) is 4.51. The molecule has 154 valence electrons. The van der Waals surface area contributed by atoms with Gasteiger partial charge in [-0.25, -0.2) is 4.79 Å². The highest BCUT2D eigenvalue weighted by Crippen LogP contribution is 2.27. The number of hydrogen-bond donors (Lipinski definition) is 4. The number of rotatable bonds is 4. The number of thioether (sulfide) groups is 1. The lowest BCUT2D eigenvalue weighted by molar-refractivity contribution is 0.0916. The fourth-order valence-electron chi connectivity index (χ4n) is 2.92. The Morgan fingerprint density at radius 2 is 1.75 bits per heavy atom. The van der Waals surface area contributed by atoms with E-state index in [1.165, 1.54) is 18.0 Å². The number of carbonyl (C=O) groups excluding carboxylic acids is 3. The molecule has 1 aromatic heterocycles. The van der Waals surface area contributed by atoms with Gasteiger partial charge in [-0.15, -0.1) is 0 Å². The van der Waals surface area contributed by atoms with Gasteiger partial charge in [-0.2, -0.15) is 5.10 Å². The van der Waals surface area contributed by atoms with Gasteiger partial charge in [0, 0.05) is 29.9 Å². The van der Waals surface area contributed by atoms with E-state index in [0.29, 0.717) is 31.6 Å². The minimum atomic E-state index is -0.332. The number of urea groups is 1. The summed E-state index contributed by atoms with van der Waals surface area (Å²) in [4.78, 5) is 38.6. The van der Waals surface area contributed by atoms with Gasteiger partial charge < -0.3 is 20.9 Å². The van der Waals surface area contributed by atoms with Gasteiger partial charge in [0.15, 0.2) is 0 Å². The number of piperidine rings is 1. The van der Waals surface area contributed by atoms with Crippen LogP contribution in [0.3, 0.4) is 0 Å². The molecule has 4 N–H and O–H groups in total. The van der Waals surface area contributed by atoms with E-state index in [1.807, 2.05) is 25.7 Å². The smallest absolute Gasteiger partial charge is 0.319 e. The maximum absolute atomic E-state index is 12.6. The lowest BCUT2D eigenvalue weighted by atomic mass is 10.1. The molecule has 2 fully saturated rings. The number of nitrogens with zero attached hydrogens (tertiary/aromatic N) is 2. The van der Waals surface area contributed by atoms with Gasteiger partial charge in [-0.3, -0.25) is 14.7 Å². The fraction of sp³-hybridized carbons (Fsp3) is 0.667. The van der Waals surface area contributed by atoms with E-state index < -0.39 is 0 Å². The Balaban J connectivity index is 1.48. The van der Waals surface area contributed by atoms with Crippen LogP contribution in [-0.2, 0) is 0 Å². The number of H-pyrrole nitrogens is 1. The maximum Gasteiger partial charge on any atom is 0.319 e. The van der Waals surface area contributed by atoms with E-state index in [2.05, 4.69) is 26.1 Å². The van der Waals surface area contributed by atoms with Gasteiger partial charge in [-0.05, 0) is 25.7 Å². The minimum absolute atomic E-state index is 0.0207. The average molecular weight is 409 g/mol. The second kappa shape index (κ2) is 8.42. The SMILES string of the molecule is CC(C)(C)SC(=O)N1CCC(NC(=O)c2[nH]ncc2NC(=O)NC2CC2)CC1. The molecule has 2 aliphatic rings. The molecule has 10 heteroatoms. The first-order valence-corrected chi connectivity index (χ1v) is 10.4. The molecule has 1 saturated carbocycles. The number of aromatic amines is 1. The molecule has 1 saturated heterocycles. The summed E-state index contributed by atoms with van der Waals surface area (Å²) in [7, 11) is 0. The zero-order chi connectivity index (χ0) is 20.3. The molecule has 0 unspecified atom stereocenters. The van der Waals surface area contributed by atoms with Crippen molar-refractivity contribution in [3.63, 3.8) is 0 Å². The van der Waals surface area contributed by atoms with Crippen molar-refractivity contribution in [1.82, 2.24) is 25.7 Å². The van der Waals surface area contributed by atoms with Crippen molar-refractivity contribution in [3.05, 3.63) is 11.9 Å². The second-order valence-electron chi connectivity index (χ2n) is 8.25. The monoisotopic (exact) mass is 408 g/mol. The molecular formula is C18H28N6O3S. The van der Waals surface area contributed by atoms with E-state index in [-0.39, 0.29) is 39.7 Å². The van der Waals surface area contributed by atoms with Crippen molar-refractivity contribution >= 4 is 34.6 Å². The molecule has 2 heterocycles. The molecule has 1 aromatic rings. The Morgan fingerprint density at radius 3 is 2.36 bits per heavy atom. The molecule has 1 aliphatic heterocycles. The van der Waals surface area contributed by atoms with E-state index in [4.69, 9.17) is 0 Å². The summed E-state index contributed by atoms with van der Waals surface area (Å²) < 4.78 is -0.113. The molecule has 3 rings (SSSR count). The summed E-state index contributed by atoms with van der Waals surface area (Å²) in [5.74, 6) is -0.312. The van der Waals surface area contributed by atoms with Gasteiger partial charge in [-0.1, -0.05) is 32.5 Å². The quantitative estimate of drug-likeness (QED) is 0.610. The number of carbonyl (C=O) groups is 3. The molecule has 0 radical (unpaired) electrons. The maximum atomic E-state index is 12.6. The Morgan fingerprint density at radius 1 is 1.11 bits per heavy atom. The first-order valence-electron chi connectivity index (χ1n) is 9.61. The molecule has 4 amide bonds. The van der Waals surface area contributed by atoms with Crippen LogP contribution < -0.4 is 16.0 Å². The van der Waals surface area contributed by atoms with Crippen LogP contribution in [0.15, 0.2) is 6.20 Å². The zero-order valence-electron chi connectivity index (χ0n) is 16.5. The molecular weight excluding hydrogens is 380 g/mol. The van der Waals surface area contributed by atoms with Gasteiger partial charge in [0.1, 0.15) is 5.69 Å². The average Bonchev–Trinajstić information content (AvgIpc) is 3.28. The van der Waals surface area contributed by atoms with Gasteiger partial charge in [0.2, 0.25) is 0 Å². The normalized spacial score (nSPS) is 17.9. The summed E-state index contributed by atoms with van der Waals surface area (Å²) in [6.45, 7) is 7.28. The lowest BCUT2D eigenvalue weighted by Gasteiger charge is -2.33. The van der Waals surface area contributed by atoms with Crippen LogP contribution in [0.5, 0.6) is 0 Å². The minimum Gasteiger partial charge on any atom is -0.348 e. The first kappa shape index (κ1) is 20.5. The van der Waals surface area contributed by atoms with Gasteiger partial charge in [0.05, 0.1) is 11.9 Å². The van der Waals surface area contributed by atoms with Crippen LogP contribution in [0.4, 0.5) is 15.3 Å². The number of anilines is 1. The lowest BCUT2D eigenvalue weighted by Crippen LogP contribution is -2.46. The topological polar surface area (TPSA) is 119 Å². The number of aromatic nitrogens is 2. The molecule has 0 atom stereocenters. The van der Waals surface area contributed by atoms with Crippen LogP contribution in [0.2, 0.25) is 0 Å². The molecule has 28 heavy (non-hydrogen) atoms. The van der Waals surface area contributed by atoms with Crippen molar-refractivity contribution in [1.29, 1.82) is 0 Å². The highest BCUT2D eigenvalue weighted by Gasteiger charge is 2.28. The van der Waals surface area contributed by atoms with Crippen molar-refractivity contribution < 1.29 is 14.4 Å². The zero-order valence-corrected chi connectivity index (χ0v) is 17.3. The summed E-state index contributed by atoms with van der Waals surface area (Å²) in [6, 6.07) is -0.123. The summed E-state index contributed by atoms with van der Waals surface area (Å²) >= 11 is 1.33. The summed E-state index contributed by atoms with van der Waals surface area (Å²) in [5.41, 5.74) is 0.581. The number of nitrogens with one attached hydrogen (secondary N) is 4. The van der Waals surface area contributed by atoms with Crippen LogP contribution in [0.25, 0.3) is 0 Å². The Labute approximate surface area is 168 Å². The van der Waals surface area contributed by atoms with E-state index in [1.54, 1.807) is 0 Å². The second-order valence-corrected chi connectivity index (χ2v) is 10.0. The predicted octanol–water partition coefficient (Wildman–Crippen LogP) is 2.54. The highest BCUT2D eigenvalue weighted by molar-refractivity contribution is 8.14. The number of hydrogen-bond acceptors (Lipinski definition) is 5. The highest BCUT2D eigenvalue weighted by atomic mass is 32.2. The van der Waals surface area contributed by atoms with Crippen LogP contribution in [0.1, 0.15) is 56.9 Å². The number of likely N-dealkylation sites (tertiary alicyclic amines) is 1. The third-order valence-corrected chi connectivity index (χ3v) is 5.55. The van der Waals surface area contributed by atoms with Gasteiger partial charge in [0.25, 0.3) is 11.1 Å². The molecule has 0 aromatic carbocycles. The summed E-state index contributed by atoms with van der Waals surface area (Å²) in [6.07, 6.45) is 4.79. The van der Waals surface area contributed by atoms with Crippen molar-refractivity contribution in [2.24, 2.45) is 0 Å². The van der Waals surface area contributed by atoms with Crippen molar-refractivity contribution in [3.8, 4) is 0 Å².